The summed E-state index contributed by atoms with van der Waals surface area (Å²) in [5.74, 6) is 0.128. The van der Waals surface area contributed by atoms with Crippen molar-refractivity contribution in [2.75, 3.05) is 12.8 Å². The van der Waals surface area contributed by atoms with Crippen molar-refractivity contribution in [3.63, 3.8) is 0 Å². The van der Waals surface area contributed by atoms with Gasteiger partial charge in [0.25, 0.3) is 0 Å². The van der Waals surface area contributed by atoms with E-state index in [1.165, 1.54) is 18.2 Å². The van der Waals surface area contributed by atoms with Crippen molar-refractivity contribution in [1.29, 1.82) is 0 Å². The van der Waals surface area contributed by atoms with Gasteiger partial charge in [-0.15, -0.1) is 0 Å². The molecule has 1 N–H and O–H groups in total. The molecule has 1 atom stereocenters. The lowest BCUT2D eigenvalue weighted by molar-refractivity contribution is 0.500. The normalized spacial score (nSPS) is 13.5. The van der Waals surface area contributed by atoms with Gasteiger partial charge in [-0.05, 0) is 44.5 Å². The van der Waals surface area contributed by atoms with Crippen LogP contribution in [0.2, 0.25) is 10.0 Å². The van der Waals surface area contributed by atoms with Crippen molar-refractivity contribution in [1.82, 2.24) is 5.32 Å². The molecule has 1 aromatic carbocycles. The molecule has 1 aromatic rings. The maximum absolute atomic E-state index is 12.1. The van der Waals surface area contributed by atoms with Crippen molar-refractivity contribution in [3.05, 3.63) is 28.2 Å². The fourth-order valence-electron chi connectivity index (χ4n) is 1.86. The first kappa shape index (κ1) is 16.8. The molecular weight excluding hydrogens is 305 g/mol. The first-order chi connectivity index (χ1) is 8.90. The zero-order chi connectivity index (χ0) is 14.5. The van der Waals surface area contributed by atoms with E-state index in [1.54, 1.807) is 0 Å². The van der Waals surface area contributed by atoms with E-state index in [-0.39, 0.29) is 15.7 Å². The first-order valence-corrected chi connectivity index (χ1v) is 8.66. The molecule has 0 aromatic heterocycles. The fourth-order valence-corrected chi connectivity index (χ4v) is 3.58. The second-order valence-corrected chi connectivity index (χ2v) is 7.35. The second kappa shape index (κ2) is 7.48. The Morgan fingerprint density at radius 2 is 1.95 bits per heavy atom. The molecule has 0 saturated carbocycles. The number of sulfone groups is 1. The molecule has 6 heteroatoms. The molecule has 19 heavy (non-hydrogen) atoms. The van der Waals surface area contributed by atoms with Crippen LogP contribution in [-0.2, 0) is 9.84 Å². The molecule has 0 bridgehead atoms. The number of hydrogen-bond donors (Lipinski definition) is 1. The van der Waals surface area contributed by atoms with Gasteiger partial charge in [0.15, 0.2) is 9.84 Å². The Morgan fingerprint density at radius 1 is 1.26 bits per heavy atom. The van der Waals surface area contributed by atoms with Crippen LogP contribution in [0.15, 0.2) is 23.1 Å². The summed E-state index contributed by atoms with van der Waals surface area (Å²) in [7, 11) is -1.39. The van der Waals surface area contributed by atoms with Gasteiger partial charge in [0, 0.05) is 6.04 Å². The lowest BCUT2D eigenvalue weighted by atomic mass is 10.1. The van der Waals surface area contributed by atoms with E-state index in [1.807, 2.05) is 7.05 Å². The molecule has 3 nitrogen and oxygen atoms in total. The molecule has 1 unspecified atom stereocenters. The molecule has 0 heterocycles. The van der Waals surface area contributed by atoms with Gasteiger partial charge in [-0.2, -0.15) is 0 Å². The molecule has 0 aliphatic carbocycles. The number of rotatable bonds is 7. The van der Waals surface area contributed by atoms with Crippen LogP contribution >= 0.6 is 23.2 Å². The van der Waals surface area contributed by atoms with Crippen molar-refractivity contribution in [2.45, 2.75) is 37.1 Å². The van der Waals surface area contributed by atoms with Crippen LogP contribution in [0.4, 0.5) is 0 Å². The smallest absolute Gasteiger partial charge is 0.178 e. The average Bonchev–Trinajstić information content (AvgIpc) is 2.37. The van der Waals surface area contributed by atoms with Gasteiger partial charge < -0.3 is 5.32 Å². The lowest BCUT2D eigenvalue weighted by Gasteiger charge is -2.13. The standard InChI is InChI=1S/C13H19Cl2NO2S/c1-3-10(16-2)5-4-8-19(17,18)11-6-7-12(14)13(15)9-11/h6-7,9-10,16H,3-5,8H2,1-2H3. The molecule has 0 saturated heterocycles. The van der Waals surface area contributed by atoms with Crippen LogP contribution < -0.4 is 5.32 Å². The molecule has 108 valence electrons. The third-order valence-electron chi connectivity index (χ3n) is 3.12. The van der Waals surface area contributed by atoms with Crippen molar-refractivity contribution >= 4 is 33.0 Å². The van der Waals surface area contributed by atoms with E-state index in [0.717, 1.165) is 12.8 Å². The predicted octanol–water partition coefficient (Wildman–Crippen LogP) is 3.55. The summed E-state index contributed by atoms with van der Waals surface area (Å²) >= 11 is 11.6. The number of halogens is 2. The maximum atomic E-state index is 12.1. The van der Waals surface area contributed by atoms with Crippen LogP contribution in [0.1, 0.15) is 26.2 Å². The molecule has 1 rings (SSSR count). The van der Waals surface area contributed by atoms with E-state index in [4.69, 9.17) is 23.2 Å². The van der Waals surface area contributed by atoms with Crippen LogP contribution in [0.5, 0.6) is 0 Å². The predicted molar refractivity (Wildman–Crippen MR) is 80.9 cm³/mol. The number of hydrogen-bond acceptors (Lipinski definition) is 3. The summed E-state index contributed by atoms with van der Waals surface area (Å²) < 4.78 is 24.3. The van der Waals surface area contributed by atoms with Crippen molar-refractivity contribution < 1.29 is 8.42 Å². The van der Waals surface area contributed by atoms with Crippen LogP contribution in [0, 0.1) is 0 Å². The highest BCUT2D eigenvalue weighted by atomic mass is 35.5. The van der Waals surface area contributed by atoms with Gasteiger partial charge >= 0.3 is 0 Å². The monoisotopic (exact) mass is 323 g/mol. The second-order valence-electron chi connectivity index (χ2n) is 4.43. The highest BCUT2D eigenvalue weighted by molar-refractivity contribution is 7.91. The lowest BCUT2D eigenvalue weighted by Crippen LogP contribution is -2.24. The van der Waals surface area contributed by atoms with Crippen molar-refractivity contribution in [2.24, 2.45) is 0 Å². The van der Waals surface area contributed by atoms with E-state index < -0.39 is 9.84 Å². The zero-order valence-electron chi connectivity index (χ0n) is 11.1. The Balaban J connectivity index is 2.68. The van der Waals surface area contributed by atoms with E-state index >= 15 is 0 Å². The molecular formula is C13H19Cl2NO2S. The Morgan fingerprint density at radius 3 is 2.47 bits per heavy atom. The summed E-state index contributed by atoms with van der Waals surface area (Å²) in [5.41, 5.74) is 0. The first-order valence-electron chi connectivity index (χ1n) is 6.25. The molecule has 0 amide bonds. The summed E-state index contributed by atoms with van der Waals surface area (Å²) in [4.78, 5) is 0.236. The Hall–Kier alpha value is -0.290. The average molecular weight is 324 g/mol. The summed E-state index contributed by atoms with van der Waals surface area (Å²) in [6, 6.07) is 4.79. The van der Waals surface area contributed by atoms with E-state index in [9.17, 15) is 8.42 Å². The van der Waals surface area contributed by atoms with Crippen molar-refractivity contribution in [3.8, 4) is 0 Å². The van der Waals surface area contributed by atoms with Crippen LogP contribution in [0.25, 0.3) is 0 Å². The van der Waals surface area contributed by atoms with E-state index in [0.29, 0.717) is 17.5 Å². The minimum Gasteiger partial charge on any atom is -0.317 e. The maximum Gasteiger partial charge on any atom is 0.178 e. The molecule has 0 spiro atoms. The minimum atomic E-state index is -3.28. The summed E-state index contributed by atoms with van der Waals surface area (Å²) in [6.07, 6.45) is 2.46. The van der Waals surface area contributed by atoms with Gasteiger partial charge in [0.2, 0.25) is 0 Å². The largest absolute Gasteiger partial charge is 0.317 e. The molecule has 0 aliphatic rings. The summed E-state index contributed by atoms with van der Waals surface area (Å²) in [6.45, 7) is 2.08. The van der Waals surface area contributed by atoms with Gasteiger partial charge in [-0.1, -0.05) is 30.1 Å². The topological polar surface area (TPSA) is 46.2 Å². The molecule has 0 aliphatic heterocycles. The Bertz CT molecular complexity index is 513. The molecule has 0 fully saturated rings. The zero-order valence-corrected chi connectivity index (χ0v) is 13.4. The Kier molecular flexibility index (Phi) is 6.60. The third-order valence-corrected chi connectivity index (χ3v) is 5.65. The fraction of sp³-hybridized carbons (Fsp3) is 0.538. The SMILES string of the molecule is CCC(CCCS(=O)(=O)c1ccc(Cl)c(Cl)c1)NC. The molecule has 0 radical (unpaired) electrons. The number of benzene rings is 1. The Labute approximate surface area is 125 Å². The minimum absolute atomic E-state index is 0.128. The van der Waals surface area contributed by atoms with Gasteiger partial charge in [0.05, 0.1) is 20.7 Å². The van der Waals surface area contributed by atoms with Crippen LogP contribution in [-0.4, -0.2) is 27.3 Å². The summed E-state index contributed by atoms with van der Waals surface area (Å²) in [5, 5.41) is 3.79. The van der Waals surface area contributed by atoms with Gasteiger partial charge in [-0.25, -0.2) is 8.42 Å². The van der Waals surface area contributed by atoms with Gasteiger partial charge in [0.1, 0.15) is 0 Å². The number of nitrogens with one attached hydrogen (secondary N) is 1. The highest BCUT2D eigenvalue weighted by Gasteiger charge is 2.16. The highest BCUT2D eigenvalue weighted by Crippen LogP contribution is 2.25. The van der Waals surface area contributed by atoms with Gasteiger partial charge in [-0.3, -0.25) is 0 Å². The van der Waals surface area contributed by atoms with Crippen LogP contribution in [0.3, 0.4) is 0 Å². The van der Waals surface area contributed by atoms with E-state index in [2.05, 4.69) is 12.2 Å². The quantitative estimate of drug-likeness (QED) is 0.834. The third kappa shape index (κ3) is 4.95.